The molecule has 1 saturated heterocycles. The van der Waals surface area contributed by atoms with Gasteiger partial charge in [-0.1, -0.05) is 62.4 Å². The highest BCUT2D eigenvalue weighted by Gasteiger charge is 2.46. The van der Waals surface area contributed by atoms with Gasteiger partial charge in [-0.3, -0.25) is 4.79 Å². The summed E-state index contributed by atoms with van der Waals surface area (Å²) in [7, 11) is 0. The number of benzene rings is 2. The minimum Gasteiger partial charge on any atom is -0.480 e. The van der Waals surface area contributed by atoms with E-state index >= 15 is 0 Å². The summed E-state index contributed by atoms with van der Waals surface area (Å²) in [5.41, 5.74) is 3.74. The van der Waals surface area contributed by atoms with Crippen molar-refractivity contribution < 1.29 is 24.2 Å². The van der Waals surface area contributed by atoms with Crippen LogP contribution in [0.1, 0.15) is 50.2 Å². The Morgan fingerprint density at radius 1 is 1.03 bits per heavy atom. The third-order valence-electron chi connectivity index (χ3n) is 7.29. The topological polar surface area (TPSA) is 95.9 Å². The number of amides is 2. The number of carbonyl (C=O) groups is 3. The van der Waals surface area contributed by atoms with E-state index in [2.05, 4.69) is 29.6 Å². The lowest BCUT2D eigenvalue weighted by Crippen LogP contribution is -2.61. The SMILES string of the molecule is CCC(CC)(CNC(=O)OCC1c2ccccc2-c2ccccc21)C(=O)N1CCC1C(=O)O. The van der Waals surface area contributed by atoms with Crippen LogP contribution in [0, 0.1) is 5.41 Å². The average molecular weight is 451 g/mol. The number of nitrogens with zero attached hydrogens (tertiary/aromatic N) is 1. The lowest BCUT2D eigenvalue weighted by molar-refractivity contribution is -0.163. The first-order valence-corrected chi connectivity index (χ1v) is 11.5. The lowest BCUT2D eigenvalue weighted by atomic mass is 9.79. The van der Waals surface area contributed by atoms with E-state index in [4.69, 9.17) is 4.74 Å². The van der Waals surface area contributed by atoms with Gasteiger partial charge in [-0.05, 0) is 41.5 Å². The molecule has 2 N–H and O–H groups in total. The van der Waals surface area contributed by atoms with Crippen molar-refractivity contribution in [1.29, 1.82) is 0 Å². The van der Waals surface area contributed by atoms with E-state index in [-0.39, 0.29) is 25.0 Å². The highest BCUT2D eigenvalue weighted by Crippen LogP contribution is 2.44. The molecule has 0 bridgehead atoms. The van der Waals surface area contributed by atoms with Gasteiger partial charge in [-0.15, -0.1) is 0 Å². The Kier molecular flexibility index (Phi) is 6.40. The summed E-state index contributed by atoms with van der Waals surface area (Å²) in [6.45, 7) is 4.51. The van der Waals surface area contributed by atoms with Gasteiger partial charge in [-0.2, -0.15) is 0 Å². The van der Waals surface area contributed by atoms with Crippen LogP contribution in [0.2, 0.25) is 0 Å². The van der Waals surface area contributed by atoms with Crippen LogP contribution in [0.15, 0.2) is 48.5 Å². The smallest absolute Gasteiger partial charge is 0.407 e. The number of hydrogen-bond acceptors (Lipinski definition) is 4. The quantitative estimate of drug-likeness (QED) is 0.633. The first-order valence-electron chi connectivity index (χ1n) is 11.5. The highest BCUT2D eigenvalue weighted by atomic mass is 16.5. The summed E-state index contributed by atoms with van der Waals surface area (Å²) in [5.74, 6) is -1.24. The number of rotatable bonds is 8. The second-order valence-corrected chi connectivity index (χ2v) is 8.81. The number of carbonyl (C=O) groups excluding carboxylic acids is 2. The summed E-state index contributed by atoms with van der Waals surface area (Å²) in [5, 5.41) is 12.1. The third-order valence-corrected chi connectivity index (χ3v) is 7.29. The number of ether oxygens (including phenoxy) is 1. The summed E-state index contributed by atoms with van der Waals surface area (Å²) in [6.07, 6.45) is 0.878. The van der Waals surface area contributed by atoms with E-state index in [9.17, 15) is 19.5 Å². The van der Waals surface area contributed by atoms with Gasteiger partial charge in [-0.25, -0.2) is 9.59 Å². The number of carboxylic acids is 1. The van der Waals surface area contributed by atoms with Crippen LogP contribution in [-0.4, -0.2) is 53.7 Å². The average Bonchev–Trinajstić information content (AvgIpc) is 3.11. The molecule has 1 fully saturated rings. The minimum atomic E-state index is -0.986. The number of alkyl carbamates (subject to hydrolysis) is 1. The Morgan fingerprint density at radius 2 is 1.61 bits per heavy atom. The molecule has 1 aliphatic heterocycles. The maximum absolute atomic E-state index is 13.1. The molecular formula is C26H30N2O5. The molecule has 4 rings (SSSR count). The Labute approximate surface area is 193 Å². The van der Waals surface area contributed by atoms with Crippen molar-refractivity contribution >= 4 is 18.0 Å². The molecule has 1 atom stereocenters. The summed E-state index contributed by atoms with van der Waals surface area (Å²) in [4.78, 5) is 38.5. The summed E-state index contributed by atoms with van der Waals surface area (Å²) < 4.78 is 5.59. The van der Waals surface area contributed by atoms with Crippen molar-refractivity contribution in [3.05, 3.63) is 59.7 Å². The molecule has 0 aromatic heterocycles. The molecule has 2 aromatic rings. The maximum atomic E-state index is 13.1. The third kappa shape index (κ3) is 4.08. The molecule has 7 heteroatoms. The van der Waals surface area contributed by atoms with Crippen molar-refractivity contribution in [3.8, 4) is 11.1 Å². The zero-order valence-corrected chi connectivity index (χ0v) is 19.0. The van der Waals surface area contributed by atoms with E-state index in [1.807, 2.05) is 38.1 Å². The van der Waals surface area contributed by atoms with Crippen LogP contribution in [-0.2, 0) is 14.3 Å². The van der Waals surface area contributed by atoms with Crippen LogP contribution < -0.4 is 5.32 Å². The molecule has 2 amide bonds. The molecule has 1 unspecified atom stereocenters. The fraction of sp³-hybridized carbons (Fsp3) is 0.423. The second-order valence-electron chi connectivity index (χ2n) is 8.81. The van der Waals surface area contributed by atoms with Crippen molar-refractivity contribution in [2.24, 2.45) is 5.41 Å². The molecule has 2 aliphatic rings. The van der Waals surface area contributed by atoms with Crippen molar-refractivity contribution in [3.63, 3.8) is 0 Å². The van der Waals surface area contributed by atoms with E-state index in [1.165, 1.54) is 4.90 Å². The van der Waals surface area contributed by atoms with Crippen LogP contribution in [0.25, 0.3) is 11.1 Å². The molecule has 33 heavy (non-hydrogen) atoms. The standard InChI is InChI=1S/C26H30N2O5/c1-3-26(4-2,24(31)28-14-13-22(28)23(29)30)16-27-25(32)33-15-21-19-11-7-5-9-17(19)18-10-6-8-12-20(18)21/h5-12,21-22H,3-4,13-16H2,1-2H3,(H,27,32)(H,29,30). The second kappa shape index (κ2) is 9.25. The number of aliphatic carboxylic acids is 1. The van der Waals surface area contributed by atoms with Crippen LogP contribution >= 0.6 is 0 Å². The summed E-state index contributed by atoms with van der Waals surface area (Å²) >= 11 is 0. The van der Waals surface area contributed by atoms with E-state index in [0.29, 0.717) is 25.8 Å². The number of carboxylic acid groups (broad SMARTS) is 1. The largest absolute Gasteiger partial charge is 0.480 e. The number of fused-ring (bicyclic) bond motifs is 3. The first-order chi connectivity index (χ1) is 15.9. The number of hydrogen-bond donors (Lipinski definition) is 2. The molecule has 1 aliphatic carbocycles. The van der Waals surface area contributed by atoms with E-state index in [1.54, 1.807) is 0 Å². The predicted molar refractivity (Wildman–Crippen MR) is 124 cm³/mol. The molecule has 7 nitrogen and oxygen atoms in total. The lowest BCUT2D eigenvalue weighted by Gasteiger charge is -2.44. The van der Waals surface area contributed by atoms with E-state index in [0.717, 1.165) is 22.3 Å². The van der Waals surface area contributed by atoms with Gasteiger partial charge in [0.2, 0.25) is 5.91 Å². The Hall–Kier alpha value is -3.35. The normalized spacial score (nSPS) is 17.0. The Balaban J connectivity index is 1.40. The molecular weight excluding hydrogens is 420 g/mol. The van der Waals surface area contributed by atoms with Gasteiger partial charge in [0.1, 0.15) is 12.6 Å². The van der Waals surface area contributed by atoms with Crippen LogP contribution in [0.5, 0.6) is 0 Å². The van der Waals surface area contributed by atoms with Gasteiger partial charge in [0, 0.05) is 19.0 Å². The Bertz CT molecular complexity index is 1020. The van der Waals surface area contributed by atoms with Crippen LogP contribution in [0.4, 0.5) is 4.79 Å². The zero-order valence-electron chi connectivity index (χ0n) is 19.0. The maximum Gasteiger partial charge on any atom is 0.407 e. The molecule has 1 heterocycles. The van der Waals surface area contributed by atoms with Crippen molar-refractivity contribution in [1.82, 2.24) is 10.2 Å². The number of likely N-dealkylation sites (tertiary alicyclic amines) is 1. The predicted octanol–water partition coefficient (Wildman–Crippen LogP) is 4.02. The fourth-order valence-corrected chi connectivity index (χ4v) is 4.96. The monoisotopic (exact) mass is 450 g/mol. The minimum absolute atomic E-state index is 0.0377. The number of nitrogens with one attached hydrogen (secondary N) is 1. The van der Waals surface area contributed by atoms with Gasteiger partial charge >= 0.3 is 12.1 Å². The highest BCUT2D eigenvalue weighted by molar-refractivity contribution is 5.89. The van der Waals surface area contributed by atoms with Gasteiger partial charge < -0.3 is 20.1 Å². The fourth-order valence-electron chi connectivity index (χ4n) is 4.96. The van der Waals surface area contributed by atoms with E-state index < -0.39 is 23.5 Å². The molecule has 2 aromatic carbocycles. The molecule has 174 valence electrons. The van der Waals surface area contributed by atoms with Gasteiger partial charge in [0.05, 0.1) is 5.41 Å². The first kappa shape index (κ1) is 22.8. The molecule has 0 spiro atoms. The van der Waals surface area contributed by atoms with Crippen LogP contribution in [0.3, 0.4) is 0 Å². The van der Waals surface area contributed by atoms with Gasteiger partial charge in [0.15, 0.2) is 0 Å². The molecule has 0 radical (unpaired) electrons. The van der Waals surface area contributed by atoms with Crippen molar-refractivity contribution in [2.75, 3.05) is 19.7 Å². The zero-order chi connectivity index (χ0) is 23.6. The summed E-state index contributed by atoms with van der Waals surface area (Å²) in [6, 6.07) is 15.5. The molecule has 0 saturated carbocycles. The van der Waals surface area contributed by atoms with Crippen molar-refractivity contribution in [2.45, 2.75) is 45.1 Å². The Morgan fingerprint density at radius 3 is 2.09 bits per heavy atom. The van der Waals surface area contributed by atoms with Gasteiger partial charge in [0.25, 0.3) is 0 Å².